The highest BCUT2D eigenvalue weighted by Gasteiger charge is 2.34. The summed E-state index contributed by atoms with van der Waals surface area (Å²) in [6.45, 7) is 10.1. The number of amides is 2. The highest BCUT2D eigenvalue weighted by atomic mass is 32.2. The first-order valence-electron chi connectivity index (χ1n) is 15.9. The smallest absolute Gasteiger partial charge is 0.264 e. The van der Waals surface area contributed by atoms with Crippen LogP contribution in [0.2, 0.25) is 0 Å². The molecule has 242 valence electrons. The predicted molar refractivity (Wildman–Crippen MR) is 185 cm³/mol. The molecule has 0 bridgehead atoms. The predicted octanol–water partition coefficient (Wildman–Crippen LogP) is 6.79. The molecule has 0 saturated heterocycles. The maximum Gasteiger partial charge on any atom is 0.264 e. The zero-order valence-electron chi connectivity index (χ0n) is 27.4. The first-order valence-corrected chi connectivity index (χ1v) is 17.3. The van der Waals surface area contributed by atoms with Crippen molar-refractivity contribution in [3.63, 3.8) is 0 Å². The van der Waals surface area contributed by atoms with Crippen LogP contribution in [0.4, 0.5) is 5.69 Å². The van der Waals surface area contributed by atoms with E-state index in [9.17, 15) is 18.0 Å². The van der Waals surface area contributed by atoms with Crippen LogP contribution in [0, 0.1) is 13.8 Å². The number of carbonyl (C=O) groups is 2. The van der Waals surface area contributed by atoms with E-state index in [1.165, 1.54) is 4.90 Å². The number of nitrogens with one attached hydrogen (secondary N) is 1. The first-order chi connectivity index (χ1) is 22.0. The van der Waals surface area contributed by atoms with E-state index in [1.54, 1.807) is 36.4 Å². The van der Waals surface area contributed by atoms with Crippen LogP contribution in [0.25, 0.3) is 0 Å². The summed E-state index contributed by atoms with van der Waals surface area (Å²) < 4.78 is 29.6. The van der Waals surface area contributed by atoms with E-state index in [2.05, 4.69) is 19.2 Å². The van der Waals surface area contributed by atoms with Gasteiger partial charge < -0.3 is 10.2 Å². The van der Waals surface area contributed by atoms with Crippen molar-refractivity contribution in [1.29, 1.82) is 0 Å². The number of anilines is 1. The minimum absolute atomic E-state index is 0.0885. The van der Waals surface area contributed by atoms with Crippen LogP contribution in [0.1, 0.15) is 60.9 Å². The van der Waals surface area contributed by atoms with Gasteiger partial charge in [-0.05, 0) is 67.1 Å². The Morgan fingerprint density at radius 2 is 1.43 bits per heavy atom. The number of hydrogen-bond donors (Lipinski definition) is 1. The molecule has 0 aliphatic carbocycles. The number of rotatable bonds is 14. The Morgan fingerprint density at radius 3 is 2.04 bits per heavy atom. The Labute approximate surface area is 274 Å². The average molecular weight is 640 g/mol. The minimum atomic E-state index is -4.15. The Hall–Kier alpha value is -4.43. The molecule has 8 heteroatoms. The van der Waals surface area contributed by atoms with Crippen LogP contribution in [-0.2, 0) is 32.6 Å². The van der Waals surface area contributed by atoms with E-state index in [-0.39, 0.29) is 29.7 Å². The van der Waals surface area contributed by atoms with Gasteiger partial charge in [0, 0.05) is 19.5 Å². The third-order valence-electron chi connectivity index (χ3n) is 7.99. The zero-order chi connectivity index (χ0) is 33.3. The van der Waals surface area contributed by atoms with Gasteiger partial charge in [0.25, 0.3) is 10.0 Å². The molecule has 0 saturated carbocycles. The zero-order valence-corrected chi connectivity index (χ0v) is 28.3. The molecule has 0 heterocycles. The number of sulfonamides is 1. The topological polar surface area (TPSA) is 86.8 Å². The second-order valence-corrected chi connectivity index (χ2v) is 13.9. The Bertz CT molecular complexity index is 1700. The molecule has 4 aromatic carbocycles. The maximum absolute atomic E-state index is 14.6. The van der Waals surface area contributed by atoms with Gasteiger partial charge in [0.1, 0.15) is 12.6 Å². The quantitative estimate of drug-likeness (QED) is 0.165. The molecule has 4 aromatic rings. The van der Waals surface area contributed by atoms with Crippen molar-refractivity contribution in [1.82, 2.24) is 10.2 Å². The molecule has 0 aliphatic rings. The van der Waals surface area contributed by atoms with Gasteiger partial charge in [0.2, 0.25) is 11.8 Å². The second kappa shape index (κ2) is 15.7. The summed E-state index contributed by atoms with van der Waals surface area (Å²) >= 11 is 0. The van der Waals surface area contributed by atoms with Gasteiger partial charge in [-0.1, -0.05) is 111 Å². The van der Waals surface area contributed by atoms with Crippen molar-refractivity contribution in [2.45, 2.75) is 70.9 Å². The number of carbonyl (C=O) groups excluding carboxylic acids is 2. The molecule has 0 aromatic heterocycles. The number of nitrogens with zero attached hydrogens (tertiary/aromatic N) is 2. The van der Waals surface area contributed by atoms with Crippen molar-refractivity contribution >= 4 is 27.5 Å². The molecule has 7 nitrogen and oxygen atoms in total. The third kappa shape index (κ3) is 8.85. The molecule has 0 spiro atoms. The minimum Gasteiger partial charge on any atom is -0.354 e. The summed E-state index contributed by atoms with van der Waals surface area (Å²) in [5, 5.41) is 2.98. The lowest BCUT2D eigenvalue weighted by atomic mass is 10.0. The van der Waals surface area contributed by atoms with Crippen molar-refractivity contribution in [3.8, 4) is 0 Å². The van der Waals surface area contributed by atoms with Gasteiger partial charge in [0.15, 0.2) is 0 Å². The van der Waals surface area contributed by atoms with Crippen LogP contribution < -0.4 is 9.62 Å². The van der Waals surface area contributed by atoms with Crippen LogP contribution in [0.3, 0.4) is 0 Å². The largest absolute Gasteiger partial charge is 0.354 e. The number of aryl methyl sites for hydroxylation is 2. The second-order valence-electron chi connectivity index (χ2n) is 12.1. The molecule has 0 aliphatic heterocycles. The van der Waals surface area contributed by atoms with Crippen molar-refractivity contribution in [2.24, 2.45) is 0 Å². The van der Waals surface area contributed by atoms with Crippen LogP contribution in [0.5, 0.6) is 0 Å². The Kier molecular flexibility index (Phi) is 11.8. The average Bonchev–Trinajstić information content (AvgIpc) is 3.04. The third-order valence-corrected chi connectivity index (χ3v) is 9.78. The molecular formula is C38H45N3O4S. The van der Waals surface area contributed by atoms with E-state index in [4.69, 9.17) is 0 Å². The van der Waals surface area contributed by atoms with Gasteiger partial charge >= 0.3 is 0 Å². The monoisotopic (exact) mass is 639 g/mol. The lowest BCUT2D eigenvalue weighted by Gasteiger charge is -2.34. The van der Waals surface area contributed by atoms with Gasteiger partial charge in [0.05, 0.1) is 10.6 Å². The lowest BCUT2D eigenvalue weighted by Crippen LogP contribution is -2.53. The van der Waals surface area contributed by atoms with Gasteiger partial charge in [-0.2, -0.15) is 0 Å². The highest BCUT2D eigenvalue weighted by Crippen LogP contribution is 2.27. The van der Waals surface area contributed by atoms with Crippen LogP contribution in [-0.4, -0.2) is 44.3 Å². The summed E-state index contributed by atoms with van der Waals surface area (Å²) in [6.07, 6.45) is 1.02. The summed E-state index contributed by atoms with van der Waals surface area (Å²) in [4.78, 5) is 30.0. The molecule has 2 amide bonds. The van der Waals surface area contributed by atoms with E-state index in [0.717, 1.165) is 38.5 Å². The fraction of sp³-hybridized carbons (Fsp3) is 0.316. The summed E-state index contributed by atoms with van der Waals surface area (Å²) in [5.74, 6) is -0.498. The summed E-state index contributed by atoms with van der Waals surface area (Å²) in [6, 6.07) is 30.4. The molecule has 46 heavy (non-hydrogen) atoms. The van der Waals surface area contributed by atoms with Gasteiger partial charge in [-0.25, -0.2) is 8.42 Å². The SMILES string of the molecule is CCCNC(=O)[C@@H](Cc1ccccc1)N(Cc1cccc(C)c1)C(=O)CN(c1ccc(C(C)C)cc1)S(=O)(=O)c1ccc(C)cc1. The molecule has 1 atom stereocenters. The fourth-order valence-corrected chi connectivity index (χ4v) is 6.73. The van der Waals surface area contributed by atoms with E-state index < -0.39 is 28.5 Å². The molecule has 0 unspecified atom stereocenters. The maximum atomic E-state index is 14.6. The van der Waals surface area contributed by atoms with E-state index >= 15 is 0 Å². The number of hydrogen-bond acceptors (Lipinski definition) is 4. The van der Waals surface area contributed by atoms with Crippen molar-refractivity contribution in [2.75, 3.05) is 17.4 Å². The van der Waals surface area contributed by atoms with E-state index in [1.807, 2.05) is 87.5 Å². The highest BCUT2D eigenvalue weighted by molar-refractivity contribution is 7.92. The molecule has 4 rings (SSSR count). The van der Waals surface area contributed by atoms with Crippen molar-refractivity contribution < 1.29 is 18.0 Å². The Balaban J connectivity index is 1.80. The molecule has 0 fully saturated rings. The standard InChI is InChI=1S/C38H45N3O4S/c1-6-23-39-38(43)36(25-31-12-8-7-9-13-31)40(26-32-14-10-11-30(5)24-32)37(42)27-41(34-19-17-33(18-20-34)28(2)3)46(44,45)35-21-15-29(4)16-22-35/h7-22,24,28,36H,6,23,25-27H2,1-5H3,(H,39,43)/t36-/m1/s1. The Morgan fingerprint density at radius 1 is 0.783 bits per heavy atom. The lowest BCUT2D eigenvalue weighted by molar-refractivity contribution is -0.140. The van der Waals surface area contributed by atoms with Crippen LogP contribution >= 0.6 is 0 Å². The van der Waals surface area contributed by atoms with Crippen molar-refractivity contribution in [3.05, 3.63) is 131 Å². The number of benzene rings is 4. The van der Waals surface area contributed by atoms with Gasteiger partial charge in [-0.3, -0.25) is 13.9 Å². The molecule has 0 radical (unpaired) electrons. The first kappa shape index (κ1) is 34.4. The summed E-state index contributed by atoms with van der Waals surface area (Å²) in [5.41, 5.74) is 5.13. The fourth-order valence-electron chi connectivity index (χ4n) is 5.32. The normalized spacial score (nSPS) is 12.0. The van der Waals surface area contributed by atoms with Crippen LogP contribution in [0.15, 0.2) is 108 Å². The summed E-state index contributed by atoms with van der Waals surface area (Å²) in [7, 11) is -4.15. The molecule has 1 N–H and O–H groups in total. The molecular weight excluding hydrogens is 595 g/mol. The van der Waals surface area contributed by atoms with Gasteiger partial charge in [-0.15, -0.1) is 0 Å². The van der Waals surface area contributed by atoms with E-state index in [0.29, 0.717) is 12.2 Å².